The summed E-state index contributed by atoms with van der Waals surface area (Å²) in [6.45, 7) is 3.33. The normalized spacial score (nSPS) is 15.1. The van der Waals surface area contributed by atoms with Crippen LogP contribution >= 0.6 is 11.8 Å². The molecule has 9 heteroatoms. The van der Waals surface area contributed by atoms with E-state index in [1.54, 1.807) is 13.8 Å². The van der Waals surface area contributed by atoms with Gasteiger partial charge >= 0.3 is 5.51 Å². The van der Waals surface area contributed by atoms with E-state index < -0.39 is 26.8 Å². The van der Waals surface area contributed by atoms with Gasteiger partial charge in [0, 0.05) is 11.3 Å². The summed E-state index contributed by atoms with van der Waals surface area (Å²) >= 11 is -0.0288. The molecular weight excluding hydrogens is 363 g/mol. The van der Waals surface area contributed by atoms with Crippen molar-refractivity contribution in [2.45, 2.75) is 54.8 Å². The standard InChI is InChI=1S/C15H22F3NO3S2/c1-4-13(23-15(16,17)18)8-5-11(2)19-24(20,21)14-9-6-12(22-3)7-10-14/h6-7,9-11,13,19H,4-5,8H2,1-3H3. The van der Waals surface area contributed by atoms with Gasteiger partial charge in [-0.05, 0) is 62.2 Å². The molecule has 0 spiro atoms. The Morgan fingerprint density at radius 3 is 2.25 bits per heavy atom. The van der Waals surface area contributed by atoms with E-state index in [1.165, 1.54) is 31.4 Å². The van der Waals surface area contributed by atoms with Crippen molar-refractivity contribution in [1.29, 1.82) is 0 Å². The molecule has 0 fully saturated rings. The predicted octanol–water partition coefficient (Wildman–Crippen LogP) is 4.17. The zero-order valence-corrected chi connectivity index (χ0v) is 15.4. The molecule has 0 aliphatic rings. The van der Waals surface area contributed by atoms with Crippen LogP contribution in [0.1, 0.15) is 33.1 Å². The Kier molecular flexibility index (Phi) is 7.88. The van der Waals surface area contributed by atoms with Crippen molar-refractivity contribution in [2.75, 3.05) is 7.11 Å². The van der Waals surface area contributed by atoms with Gasteiger partial charge in [0.1, 0.15) is 5.75 Å². The molecule has 0 aliphatic heterocycles. The third-order valence-corrected chi connectivity index (χ3v) is 6.18. The van der Waals surface area contributed by atoms with Crippen LogP contribution in [0.2, 0.25) is 0 Å². The molecular formula is C15H22F3NO3S2. The first-order chi connectivity index (χ1) is 11.1. The van der Waals surface area contributed by atoms with Gasteiger partial charge in [-0.3, -0.25) is 0 Å². The minimum absolute atomic E-state index is 0.0288. The second kappa shape index (κ2) is 8.96. The van der Waals surface area contributed by atoms with Crippen LogP contribution in [0.15, 0.2) is 29.2 Å². The molecule has 0 aromatic heterocycles. The SMILES string of the molecule is CCC(CCC(C)NS(=O)(=O)c1ccc(OC)cc1)SC(F)(F)F. The number of benzene rings is 1. The lowest BCUT2D eigenvalue weighted by molar-refractivity contribution is -0.0334. The summed E-state index contributed by atoms with van der Waals surface area (Å²) in [5.41, 5.74) is -4.27. The van der Waals surface area contributed by atoms with E-state index in [2.05, 4.69) is 4.72 Å². The third-order valence-electron chi connectivity index (χ3n) is 3.40. The Morgan fingerprint density at radius 1 is 1.21 bits per heavy atom. The molecule has 4 nitrogen and oxygen atoms in total. The maximum atomic E-state index is 12.4. The minimum Gasteiger partial charge on any atom is -0.497 e. The highest BCUT2D eigenvalue weighted by atomic mass is 32.2. The van der Waals surface area contributed by atoms with Crippen molar-refractivity contribution in [1.82, 2.24) is 4.72 Å². The van der Waals surface area contributed by atoms with Gasteiger partial charge in [0.05, 0.1) is 12.0 Å². The van der Waals surface area contributed by atoms with E-state index in [4.69, 9.17) is 4.74 Å². The van der Waals surface area contributed by atoms with Gasteiger partial charge < -0.3 is 4.74 Å². The first-order valence-electron chi connectivity index (χ1n) is 7.48. The molecule has 1 rings (SSSR count). The van der Waals surface area contributed by atoms with E-state index >= 15 is 0 Å². The molecule has 1 N–H and O–H groups in total. The van der Waals surface area contributed by atoms with Gasteiger partial charge in [-0.25, -0.2) is 13.1 Å². The monoisotopic (exact) mass is 385 g/mol. The van der Waals surface area contributed by atoms with E-state index in [9.17, 15) is 21.6 Å². The summed E-state index contributed by atoms with van der Waals surface area (Å²) in [6, 6.07) is 5.45. The molecule has 138 valence electrons. The van der Waals surface area contributed by atoms with Crippen molar-refractivity contribution in [3.63, 3.8) is 0 Å². The smallest absolute Gasteiger partial charge is 0.442 e. The average molecular weight is 385 g/mol. The average Bonchev–Trinajstić information content (AvgIpc) is 2.50. The molecule has 0 saturated carbocycles. The fourth-order valence-electron chi connectivity index (χ4n) is 2.12. The maximum Gasteiger partial charge on any atom is 0.442 e. The minimum atomic E-state index is -4.27. The van der Waals surface area contributed by atoms with Crippen molar-refractivity contribution in [2.24, 2.45) is 0 Å². The Hall–Kier alpha value is -0.930. The van der Waals surface area contributed by atoms with Crippen LogP contribution in [0.3, 0.4) is 0 Å². The van der Waals surface area contributed by atoms with Crippen LogP contribution in [0.25, 0.3) is 0 Å². The highest BCUT2D eigenvalue weighted by molar-refractivity contribution is 8.00. The van der Waals surface area contributed by atoms with Crippen LogP contribution in [0.4, 0.5) is 13.2 Å². The largest absolute Gasteiger partial charge is 0.497 e. The quantitative estimate of drug-likeness (QED) is 0.693. The van der Waals surface area contributed by atoms with E-state index in [0.717, 1.165) is 0 Å². The summed E-state index contributed by atoms with van der Waals surface area (Å²) in [5.74, 6) is 0.539. The third kappa shape index (κ3) is 7.31. The molecule has 2 atom stereocenters. The van der Waals surface area contributed by atoms with Gasteiger partial charge in [0.15, 0.2) is 0 Å². The van der Waals surface area contributed by atoms with E-state index in [1.807, 2.05) is 0 Å². The predicted molar refractivity (Wildman–Crippen MR) is 89.7 cm³/mol. The summed E-state index contributed by atoms with van der Waals surface area (Å²) in [5, 5.41) is -0.571. The van der Waals surface area contributed by atoms with Gasteiger partial charge in [0.25, 0.3) is 0 Å². The van der Waals surface area contributed by atoms with Gasteiger partial charge in [-0.2, -0.15) is 13.2 Å². The Bertz CT molecular complexity index is 603. The lowest BCUT2D eigenvalue weighted by atomic mass is 10.1. The van der Waals surface area contributed by atoms with Crippen molar-refractivity contribution < 1.29 is 26.3 Å². The molecule has 1 aromatic carbocycles. The number of methoxy groups -OCH3 is 1. The number of sulfonamides is 1. The Labute approximate surface area is 145 Å². The topological polar surface area (TPSA) is 55.4 Å². The lowest BCUT2D eigenvalue weighted by Crippen LogP contribution is -2.33. The van der Waals surface area contributed by atoms with Gasteiger partial charge in [-0.15, -0.1) is 0 Å². The number of thioether (sulfide) groups is 1. The molecule has 0 saturated heterocycles. The van der Waals surface area contributed by atoms with Gasteiger partial charge in [-0.1, -0.05) is 6.92 Å². The maximum absolute atomic E-state index is 12.4. The van der Waals surface area contributed by atoms with Crippen LogP contribution in [0.5, 0.6) is 5.75 Å². The van der Waals surface area contributed by atoms with Crippen LogP contribution in [0, 0.1) is 0 Å². The highest BCUT2D eigenvalue weighted by Crippen LogP contribution is 2.37. The van der Waals surface area contributed by atoms with Crippen LogP contribution in [-0.2, 0) is 10.0 Å². The number of nitrogens with one attached hydrogen (secondary N) is 1. The van der Waals surface area contributed by atoms with Crippen molar-refractivity contribution in [3.05, 3.63) is 24.3 Å². The van der Waals surface area contributed by atoms with E-state index in [0.29, 0.717) is 18.6 Å². The van der Waals surface area contributed by atoms with Crippen LogP contribution in [-0.4, -0.2) is 32.3 Å². The molecule has 0 amide bonds. The summed E-state index contributed by atoms with van der Waals surface area (Å²) in [7, 11) is -2.23. The second-order valence-corrected chi connectivity index (χ2v) is 8.45. The molecule has 0 aliphatic carbocycles. The summed E-state index contributed by atoms with van der Waals surface area (Å²) in [4.78, 5) is 0.0897. The first kappa shape index (κ1) is 21.1. The zero-order chi connectivity index (χ0) is 18.4. The van der Waals surface area contributed by atoms with Crippen molar-refractivity contribution in [3.8, 4) is 5.75 Å². The zero-order valence-electron chi connectivity index (χ0n) is 13.8. The molecule has 0 bridgehead atoms. The number of hydrogen-bond donors (Lipinski definition) is 1. The summed E-state index contributed by atoms with van der Waals surface area (Å²) < 4.78 is 69.2. The van der Waals surface area contributed by atoms with Gasteiger partial charge in [0.2, 0.25) is 10.0 Å². The molecule has 0 heterocycles. The molecule has 2 unspecified atom stereocenters. The molecule has 24 heavy (non-hydrogen) atoms. The fraction of sp³-hybridized carbons (Fsp3) is 0.600. The number of rotatable bonds is 9. The summed E-state index contributed by atoms with van der Waals surface area (Å²) in [6.07, 6.45) is 0.992. The highest BCUT2D eigenvalue weighted by Gasteiger charge is 2.32. The van der Waals surface area contributed by atoms with Crippen molar-refractivity contribution >= 4 is 21.8 Å². The number of ether oxygens (including phenoxy) is 1. The number of halogens is 3. The van der Waals surface area contributed by atoms with Crippen LogP contribution < -0.4 is 9.46 Å². The Balaban J connectivity index is 2.60. The second-order valence-electron chi connectivity index (χ2n) is 5.37. The number of alkyl halides is 3. The first-order valence-corrected chi connectivity index (χ1v) is 9.84. The van der Waals surface area contributed by atoms with E-state index in [-0.39, 0.29) is 23.1 Å². The lowest BCUT2D eigenvalue weighted by Gasteiger charge is -2.19. The fourth-order valence-corrected chi connectivity index (χ4v) is 4.19. The molecule has 0 radical (unpaired) electrons. The molecule has 1 aromatic rings. The Morgan fingerprint density at radius 2 is 1.79 bits per heavy atom. The number of hydrogen-bond acceptors (Lipinski definition) is 4.